The molecule has 0 bridgehead atoms. The van der Waals surface area contributed by atoms with Crippen LogP contribution in [0.1, 0.15) is 33.6 Å². The lowest BCUT2D eigenvalue weighted by Crippen LogP contribution is -2.44. The second-order valence-electron chi connectivity index (χ2n) is 5.44. The number of nitrogens with two attached hydrogens (primary N) is 1. The number of alkyl carbamates (subject to hydrolysis) is 1. The van der Waals surface area contributed by atoms with Crippen molar-refractivity contribution in [2.75, 3.05) is 6.54 Å². The van der Waals surface area contributed by atoms with E-state index in [0.29, 0.717) is 12.5 Å². The number of hydrogen-bond acceptors (Lipinski definition) is 5. The number of carboxylic acid groups (broad SMARTS) is 2. The van der Waals surface area contributed by atoms with Crippen molar-refractivity contribution in [3.8, 4) is 0 Å². The predicted octanol–water partition coefficient (Wildman–Crippen LogP) is 0.404. The summed E-state index contributed by atoms with van der Waals surface area (Å²) in [5, 5.41) is 17.6. The number of amides is 1. The first kappa shape index (κ1) is 18.2. The average molecular weight is 290 g/mol. The van der Waals surface area contributed by atoms with Gasteiger partial charge < -0.3 is 26.0 Å². The molecule has 0 aromatic rings. The van der Waals surface area contributed by atoms with Crippen molar-refractivity contribution in [1.29, 1.82) is 0 Å². The van der Waals surface area contributed by atoms with E-state index in [2.05, 4.69) is 5.32 Å². The third-order valence-electron chi connectivity index (χ3n) is 2.33. The minimum absolute atomic E-state index is 0.0878. The highest BCUT2D eigenvalue weighted by molar-refractivity contribution is 6.27. The van der Waals surface area contributed by atoms with Crippen molar-refractivity contribution in [2.45, 2.75) is 45.3 Å². The molecule has 0 saturated heterocycles. The Labute approximate surface area is 117 Å². The molecule has 0 unspecified atom stereocenters. The van der Waals surface area contributed by atoms with Gasteiger partial charge in [-0.25, -0.2) is 14.4 Å². The van der Waals surface area contributed by atoms with E-state index in [1.54, 1.807) is 0 Å². The molecule has 1 aliphatic carbocycles. The molecule has 1 amide bonds. The van der Waals surface area contributed by atoms with E-state index in [9.17, 15) is 4.79 Å². The summed E-state index contributed by atoms with van der Waals surface area (Å²) in [6, 6.07) is 0.0878. The highest BCUT2D eigenvalue weighted by atomic mass is 16.6. The molecular formula is C12H22N2O6. The number of ether oxygens (including phenoxy) is 1. The van der Waals surface area contributed by atoms with Crippen molar-refractivity contribution in [3.05, 3.63) is 0 Å². The fourth-order valence-electron chi connectivity index (χ4n) is 1.33. The molecule has 116 valence electrons. The van der Waals surface area contributed by atoms with Crippen LogP contribution in [-0.4, -0.2) is 46.4 Å². The molecule has 0 aromatic heterocycles. The van der Waals surface area contributed by atoms with Gasteiger partial charge in [0.15, 0.2) is 0 Å². The number of rotatable bonds is 3. The third-order valence-corrected chi connectivity index (χ3v) is 2.33. The molecule has 1 atom stereocenters. The third kappa shape index (κ3) is 9.15. The number of hydrogen-bond donors (Lipinski definition) is 4. The summed E-state index contributed by atoms with van der Waals surface area (Å²) < 4.78 is 5.14. The molecule has 20 heavy (non-hydrogen) atoms. The van der Waals surface area contributed by atoms with Crippen LogP contribution in [0.15, 0.2) is 0 Å². The molecule has 1 saturated carbocycles. The molecule has 1 rings (SSSR count). The van der Waals surface area contributed by atoms with E-state index in [-0.39, 0.29) is 12.1 Å². The van der Waals surface area contributed by atoms with Crippen LogP contribution >= 0.6 is 0 Å². The first-order valence-electron chi connectivity index (χ1n) is 6.22. The summed E-state index contributed by atoms with van der Waals surface area (Å²) >= 11 is 0. The molecular weight excluding hydrogens is 268 g/mol. The van der Waals surface area contributed by atoms with Gasteiger partial charge in [-0.3, -0.25) is 0 Å². The number of carbonyl (C=O) groups is 3. The van der Waals surface area contributed by atoms with E-state index in [1.807, 2.05) is 20.8 Å². The number of aliphatic carboxylic acids is 2. The van der Waals surface area contributed by atoms with Crippen LogP contribution < -0.4 is 11.1 Å². The minimum atomic E-state index is -1.82. The van der Waals surface area contributed by atoms with E-state index in [4.69, 9.17) is 30.3 Å². The molecule has 0 aromatic carbocycles. The molecule has 8 heteroatoms. The highest BCUT2D eigenvalue weighted by Gasteiger charge is 2.32. The molecule has 0 radical (unpaired) electrons. The zero-order valence-electron chi connectivity index (χ0n) is 11.9. The van der Waals surface area contributed by atoms with Gasteiger partial charge in [0.1, 0.15) is 5.60 Å². The Bertz CT molecular complexity index is 347. The van der Waals surface area contributed by atoms with Gasteiger partial charge in [-0.1, -0.05) is 0 Å². The molecule has 5 N–H and O–H groups in total. The molecule has 1 aliphatic rings. The topological polar surface area (TPSA) is 139 Å². The van der Waals surface area contributed by atoms with Crippen LogP contribution in [0, 0.1) is 5.92 Å². The molecule has 0 spiro atoms. The Morgan fingerprint density at radius 1 is 1.25 bits per heavy atom. The summed E-state index contributed by atoms with van der Waals surface area (Å²) in [7, 11) is 0. The van der Waals surface area contributed by atoms with E-state index >= 15 is 0 Å². The largest absolute Gasteiger partial charge is 0.473 e. The SMILES string of the molecule is CC(C)(C)OC(=O)N[C@H](CN)C1CC1.O=C(O)C(=O)O. The van der Waals surface area contributed by atoms with Gasteiger partial charge >= 0.3 is 18.0 Å². The quantitative estimate of drug-likeness (QED) is 0.552. The van der Waals surface area contributed by atoms with Crippen molar-refractivity contribution in [2.24, 2.45) is 11.7 Å². The Hall–Kier alpha value is -1.83. The van der Waals surface area contributed by atoms with Crippen LogP contribution in [0.3, 0.4) is 0 Å². The van der Waals surface area contributed by atoms with Crippen molar-refractivity contribution in [3.63, 3.8) is 0 Å². The molecule has 1 fully saturated rings. The number of nitrogens with one attached hydrogen (secondary N) is 1. The van der Waals surface area contributed by atoms with Crippen LogP contribution in [0.4, 0.5) is 4.79 Å². The lowest BCUT2D eigenvalue weighted by molar-refractivity contribution is -0.159. The maximum absolute atomic E-state index is 11.4. The van der Waals surface area contributed by atoms with Gasteiger partial charge in [0.2, 0.25) is 0 Å². The highest BCUT2D eigenvalue weighted by Crippen LogP contribution is 2.32. The van der Waals surface area contributed by atoms with Crippen molar-refractivity contribution < 1.29 is 29.3 Å². The summed E-state index contributed by atoms with van der Waals surface area (Å²) in [4.78, 5) is 29.6. The van der Waals surface area contributed by atoms with Crippen molar-refractivity contribution >= 4 is 18.0 Å². The van der Waals surface area contributed by atoms with Gasteiger partial charge in [0.25, 0.3) is 0 Å². The molecule has 8 nitrogen and oxygen atoms in total. The van der Waals surface area contributed by atoms with Gasteiger partial charge in [-0.05, 0) is 39.5 Å². The fourth-order valence-corrected chi connectivity index (χ4v) is 1.33. The van der Waals surface area contributed by atoms with Crippen LogP contribution in [0.25, 0.3) is 0 Å². The maximum Gasteiger partial charge on any atom is 0.414 e. The van der Waals surface area contributed by atoms with E-state index < -0.39 is 17.5 Å². The van der Waals surface area contributed by atoms with Gasteiger partial charge in [0.05, 0.1) is 0 Å². The first-order chi connectivity index (χ1) is 9.06. The Balaban J connectivity index is 0.000000511. The molecule has 0 aliphatic heterocycles. The standard InChI is InChI=1S/C10H20N2O2.C2H2O4/c1-10(2,3)14-9(13)12-8(6-11)7-4-5-7;3-1(4)2(5)6/h7-8H,4-6,11H2,1-3H3,(H,12,13);(H,3,4)(H,5,6)/t8-;/m1./s1. The Morgan fingerprint density at radius 3 is 1.95 bits per heavy atom. The normalized spacial score (nSPS) is 15.4. The molecule has 0 heterocycles. The van der Waals surface area contributed by atoms with Crippen LogP contribution in [0.2, 0.25) is 0 Å². The lowest BCUT2D eigenvalue weighted by Gasteiger charge is -2.22. The van der Waals surface area contributed by atoms with Gasteiger partial charge in [-0.2, -0.15) is 0 Å². The summed E-state index contributed by atoms with van der Waals surface area (Å²) in [6.45, 7) is 6.04. The van der Waals surface area contributed by atoms with E-state index in [0.717, 1.165) is 12.8 Å². The smallest absolute Gasteiger partial charge is 0.414 e. The van der Waals surface area contributed by atoms with Gasteiger partial charge in [-0.15, -0.1) is 0 Å². The van der Waals surface area contributed by atoms with Crippen LogP contribution in [-0.2, 0) is 14.3 Å². The maximum atomic E-state index is 11.4. The van der Waals surface area contributed by atoms with Gasteiger partial charge in [0, 0.05) is 12.6 Å². The summed E-state index contributed by atoms with van der Waals surface area (Å²) in [5.41, 5.74) is 5.12. The second kappa shape index (κ2) is 7.68. The zero-order valence-corrected chi connectivity index (χ0v) is 11.9. The summed E-state index contributed by atoms with van der Waals surface area (Å²) in [6.07, 6.45) is 1.97. The Morgan fingerprint density at radius 2 is 1.70 bits per heavy atom. The predicted molar refractivity (Wildman–Crippen MR) is 70.2 cm³/mol. The fraction of sp³-hybridized carbons (Fsp3) is 0.750. The van der Waals surface area contributed by atoms with Crippen LogP contribution in [0.5, 0.6) is 0 Å². The lowest BCUT2D eigenvalue weighted by atomic mass is 10.2. The Kier molecular flexibility index (Phi) is 6.98. The number of carboxylic acids is 2. The first-order valence-corrected chi connectivity index (χ1v) is 6.22. The minimum Gasteiger partial charge on any atom is -0.473 e. The zero-order chi connectivity index (χ0) is 15.9. The van der Waals surface area contributed by atoms with E-state index in [1.165, 1.54) is 0 Å². The summed E-state index contributed by atoms with van der Waals surface area (Å²) in [5.74, 6) is -3.09. The monoisotopic (exact) mass is 290 g/mol. The number of carbonyl (C=O) groups excluding carboxylic acids is 1. The van der Waals surface area contributed by atoms with Crippen molar-refractivity contribution in [1.82, 2.24) is 5.32 Å². The second-order valence-corrected chi connectivity index (χ2v) is 5.44. The average Bonchev–Trinajstić information content (AvgIpc) is 3.07.